The summed E-state index contributed by atoms with van der Waals surface area (Å²) in [5, 5.41) is 6.39. The summed E-state index contributed by atoms with van der Waals surface area (Å²) < 4.78 is 79.3. The van der Waals surface area contributed by atoms with E-state index in [9.17, 15) is 31.1 Å². The zero-order chi connectivity index (χ0) is 22.3. The van der Waals surface area contributed by atoms with Crippen molar-refractivity contribution in [3.8, 4) is 5.82 Å². The Kier molecular flexibility index (Phi) is 5.27. The van der Waals surface area contributed by atoms with Gasteiger partial charge in [-0.2, -0.15) is 31.4 Å². The van der Waals surface area contributed by atoms with Gasteiger partial charge in [0.25, 0.3) is 5.91 Å². The number of aromatic nitrogens is 4. The molecule has 3 aromatic rings. The number of alkyl halides is 6. The molecule has 0 spiro atoms. The number of nitrogens with one attached hydrogen (secondary N) is 1. The lowest BCUT2D eigenvalue weighted by molar-refractivity contribution is -0.143. The molecule has 158 valence electrons. The third-order valence-electron chi connectivity index (χ3n) is 3.97. The molecule has 0 aliphatic rings. The maximum atomic E-state index is 13.0. The minimum absolute atomic E-state index is 0.0532. The molecule has 6 nitrogen and oxygen atoms in total. The van der Waals surface area contributed by atoms with E-state index in [4.69, 9.17) is 0 Å². The number of hydrogen-bond acceptors (Lipinski definition) is 4. The van der Waals surface area contributed by atoms with E-state index in [2.05, 4.69) is 20.4 Å². The SMILES string of the molecule is Cc1cc(C)n(-c2cc(NC(=O)c3cc(C(F)(F)F)cc(C(F)(F)F)c3)ncn2)n1. The molecule has 30 heavy (non-hydrogen) atoms. The van der Waals surface area contributed by atoms with E-state index >= 15 is 0 Å². The van der Waals surface area contributed by atoms with Crippen molar-refractivity contribution < 1.29 is 31.1 Å². The summed E-state index contributed by atoms with van der Waals surface area (Å²) in [6.45, 7) is 3.50. The van der Waals surface area contributed by atoms with Gasteiger partial charge in [0.1, 0.15) is 12.1 Å². The van der Waals surface area contributed by atoms with Crippen molar-refractivity contribution in [2.24, 2.45) is 0 Å². The van der Waals surface area contributed by atoms with E-state index in [1.807, 2.05) is 0 Å². The third kappa shape index (κ3) is 4.58. The van der Waals surface area contributed by atoms with Crippen molar-refractivity contribution in [2.45, 2.75) is 26.2 Å². The summed E-state index contributed by atoms with van der Waals surface area (Å²) in [5.74, 6) is -1.06. The number of amides is 1. The van der Waals surface area contributed by atoms with Crippen molar-refractivity contribution >= 4 is 11.7 Å². The molecule has 0 aliphatic heterocycles. The number of halogens is 6. The minimum atomic E-state index is -5.06. The molecule has 0 atom stereocenters. The second kappa shape index (κ2) is 7.43. The van der Waals surface area contributed by atoms with E-state index < -0.39 is 35.0 Å². The molecule has 1 amide bonds. The number of benzene rings is 1. The normalized spacial score (nSPS) is 12.1. The molecule has 0 unspecified atom stereocenters. The maximum absolute atomic E-state index is 13.0. The monoisotopic (exact) mass is 429 g/mol. The summed E-state index contributed by atoms with van der Waals surface area (Å²) in [5.41, 5.74) is -2.58. The van der Waals surface area contributed by atoms with Crippen LogP contribution in [0.1, 0.15) is 32.9 Å². The smallest absolute Gasteiger partial charge is 0.306 e. The van der Waals surface area contributed by atoms with Crippen molar-refractivity contribution in [3.05, 3.63) is 64.7 Å². The molecule has 0 radical (unpaired) electrons. The Bertz CT molecular complexity index is 1070. The summed E-state index contributed by atoms with van der Waals surface area (Å²) in [6.07, 6.45) is -9.05. The molecule has 2 aromatic heterocycles. The number of carbonyl (C=O) groups is 1. The highest BCUT2D eigenvalue weighted by Crippen LogP contribution is 2.36. The van der Waals surface area contributed by atoms with Crippen LogP contribution in [0.2, 0.25) is 0 Å². The summed E-state index contributed by atoms with van der Waals surface area (Å²) >= 11 is 0. The van der Waals surface area contributed by atoms with E-state index in [-0.39, 0.29) is 17.7 Å². The van der Waals surface area contributed by atoms with Crippen LogP contribution in [0.3, 0.4) is 0 Å². The first-order chi connectivity index (χ1) is 13.8. The van der Waals surface area contributed by atoms with Crippen LogP contribution in [-0.4, -0.2) is 25.7 Å². The fourth-order valence-corrected chi connectivity index (χ4v) is 2.67. The third-order valence-corrected chi connectivity index (χ3v) is 3.97. The van der Waals surface area contributed by atoms with Gasteiger partial charge in [0.15, 0.2) is 5.82 Å². The Labute approximate surface area is 165 Å². The largest absolute Gasteiger partial charge is 0.416 e. The molecule has 1 N–H and O–H groups in total. The van der Waals surface area contributed by atoms with Crippen LogP contribution in [0.25, 0.3) is 5.82 Å². The Morgan fingerprint density at radius 2 is 1.50 bits per heavy atom. The summed E-state index contributed by atoms with van der Waals surface area (Å²) in [4.78, 5) is 20.1. The lowest BCUT2D eigenvalue weighted by Crippen LogP contribution is -2.18. The first-order valence-corrected chi connectivity index (χ1v) is 8.31. The molecule has 3 rings (SSSR count). The van der Waals surface area contributed by atoms with Crippen LogP contribution >= 0.6 is 0 Å². The van der Waals surface area contributed by atoms with E-state index in [0.29, 0.717) is 17.8 Å². The van der Waals surface area contributed by atoms with Gasteiger partial charge in [-0.3, -0.25) is 4.79 Å². The van der Waals surface area contributed by atoms with Gasteiger partial charge in [0.2, 0.25) is 0 Å². The van der Waals surface area contributed by atoms with E-state index in [1.165, 1.54) is 10.7 Å². The quantitative estimate of drug-likeness (QED) is 0.620. The van der Waals surface area contributed by atoms with Crippen LogP contribution in [-0.2, 0) is 12.4 Å². The molecule has 1 aromatic carbocycles. The standard InChI is InChI=1S/C18H13F6N5O/c1-9-3-10(2)29(28-9)15-7-14(25-8-26-15)27-16(30)11-4-12(17(19,20)21)6-13(5-11)18(22,23)24/h3-8H,1-2H3,(H,25,26,27,30). The van der Waals surface area contributed by atoms with Crippen molar-refractivity contribution in [1.29, 1.82) is 0 Å². The highest BCUT2D eigenvalue weighted by molar-refractivity contribution is 6.04. The van der Waals surface area contributed by atoms with Gasteiger partial charge in [-0.1, -0.05) is 0 Å². The number of aryl methyl sites for hydroxylation is 2. The molecule has 0 bridgehead atoms. The molecular formula is C18H13F6N5O. The number of carbonyl (C=O) groups excluding carboxylic acids is 1. The number of anilines is 1. The maximum Gasteiger partial charge on any atom is 0.416 e. The summed E-state index contributed by atoms with van der Waals surface area (Å²) in [7, 11) is 0. The Balaban J connectivity index is 1.95. The van der Waals surface area contributed by atoms with E-state index in [1.54, 1.807) is 19.9 Å². The first-order valence-electron chi connectivity index (χ1n) is 8.31. The van der Waals surface area contributed by atoms with Crippen molar-refractivity contribution in [3.63, 3.8) is 0 Å². The Hall–Kier alpha value is -3.44. The number of hydrogen-bond donors (Lipinski definition) is 1. The lowest BCUT2D eigenvalue weighted by atomic mass is 10.0. The molecule has 0 saturated carbocycles. The van der Waals surface area contributed by atoms with Gasteiger partial charge in [-0.05, 0) is 38.1 Å². The second-order valence-corrected chi connectivity index (χ2v) is 6.35. The average molecular weight is 429 g/mol. The fourth-order valence-electron chi connectivity index (χ4n) is 2.67. The van der Waals surface area contributed by atoms with Crippen LogP contribution in [0, 0.1) is 13.8 Å². The van der Waals surface area contributed by atoms with E-state index in [0.717, 1.165) is 12.0 Å². The predicted octanol–water partition coefficient (Wildman–Crippen LogP) is 4.57. The van der Waals surface area contributed by atoms with Gasteiger partial charge in [0, 0.05) is 17.3 Å². The Morgan fingerprint density at radius 1 is 0.900 bits per heavy atom. The fraction of sp³-hybridized carbons (Fsp3) is 0.222. The van der Waals surface area contributed by atoms with Crippen LogP contribution in [0.15, 0.2) is 36.7 Å². The zero-order valence-electron chi connectivity index (χ0n) is 15.4. The zero-order valence-corrected chi connectivity index (χ0v) is 15.4. The first kappa shape index (κ1) is 21.3. The predicted molar refractivity (Wildman–Crippen MR) is 93.0 cm³/mol. The number of nitrogens with zero attached hydrogens (tertiary/aromatic N) is 4. The van der Waals surface area contributed by atoms with Crippen molar-refractivity contribution in [2.75, 3.05) is 5.32 Å². The molecule has 0 saturated heterocycles. The van der Waals surface area contributed by atoms with Gasteiger partial charge in [0.05, 0.1) is 16.8 Å². The molecule has 0 aliphatic carbocycles. The molecule has 12 heteroatoms. The van der Waals surface area contributed by atoms with Crippen LogP contribution in [0.5, 0.6) is 0 Å². The van der Waals surface area contributed by atoms with Crippen LogP contribution in [0.4, 0.5) is 32.2 Å². The topological polar surface area (TPSA) is 72.7 Å². The van der Waals surface area contributed by atoms with Gasteiger partial charge >= 0.3 is 12.4 Å². The van der Waals surface area contributed by atoms with Crippen molar-refractivity contribution in [1.82, 2.24) is 19.7 Å². The highest BCUT2D eigenvalue weighted by atomic mass is 19.4. The second-order valence-electron chi connectivity index (χ2n) is 6.35. The van der Waals surface area contributed by atoms with Crippen LogP contribution < -0.4 is 5.32 Å². The number of rotatable bonds is 3. The van der Waals surface area contributed by atoms with Gasteiger partial charge in [-0.15, -0.1) is 0 Å². The molecule has 0 fully saturated rings. The Morgan fingerprint density at radius 3 is 2.00 bits per heavy atom. The van der Waals surface area contributed by atoms with Gasteiger partial charge in [-0.25, -0.2) is 14.6 Å². The summed E-state index contributed by atoms with van der Waals surface area (Å²) in [6, 6.07) is 3.68. The average Bonchev–Trinajstić information content (AvgIpc) is 2.98. The molecular weight excluding hydrogens is 416 g/mol. The highest BCUT2D eigenvalue weighted by Gasteiger charge is 2.37. The van der Waals surface area contributed by atoms with Gasteiger partial charge < -0.3 is 5.32 Å². The molecule has 2 heterocycles. The lowest BCUT2D eigenvalue weighted by Gasteiger charge is -2.14. The minimum Gasteiger partial charge on any atom is -0.306 e.